The molecule has 0 radical (unpaired) electrons. The predicted molar refractivity (Wildman–Crippen MR) is 64.4 cm³/mol. The summed E-state index contributed by atoms with van der Waals surface area (Å²) in [4.78, 5) is 0. The molecule has 0 amide bonds. The highest BCUT2D eigenvalue weighted by molar-refractivity contribution is 5.72. The lowest BCUT2D eigenvalue weighted by atomic mass is 11.1. The molecule has 0 aliphatic rings. The second-order valence-electron chi connectivity index (χ2n) is 1.82. The molecule has 0 heterocycles. The lowest BCUT2D eigenvalue weighted by molar-refractivity contribution is 1.38. The molecule has 0 atom stereocenters. The van der Waals surface area contributed by atoms with Gasteiger partial charge in [-0.2, -0.15) is 0 Å². The molecule has 0 aliphatic carbocycles. The van der Waals surface area contributed by atoms with Crippen LogP contribution < -0.4 is 45.9 Å². The molecule has 0 rings (SSSR count). The fourth-order valence-electron chi connectivity index (χ4n) is 0. The van der Waals surface area contributed by atoms with E-state index in [9.17, 15) is 0 Å². The lowest BCUT2D eigenvalue weighted by Crippen LogP contribution is -2.20. The van der Waals surface area contributed by atoms with Crippen molar-refractivity contribution in [2.24, 2.45) is 45.9 Å². The molecule has 0 aliphatic heterocycles. The van der Waals surface area contributed by atoms with Crippen molar-refractivity contribution >= 4 is 23.8 Å². The molecule has 0 saturated heterocycles. The summed E-state index contributed by atoms with van der Waals surface area (Å²) in [5, 5.41) is 24.2. The first-order valence-corrected chi connectivity index (χ1v) is 3.31. The minimum atomic E-state index is -0.333. The maximum atomic E-state index is 6.06. The van der Waals surface area contributed by atoms with E-state index >= 15 is 0 Å². The van der Waals surface area contributed by atoms with E-state index < -0.39 is 0 Å². The number of nitrogens with one attached hydrogen (secondary N) is 4. The quantitative estimate of drug-likeness (QED) is 0.143. The molecule has 0 aromatic carbocycles. The van der Waals surface area contributed by atoms with Crippen LogP contribution in [0.25, 0.3) is 0 Å². The molecule has 0 spiro atoms. The topological polar surface area (TPSA) is 304 Å². The van der Waals surface area contributed by atoms with Crippen molar-refractivity contribution in [2.75, 3.05) is 0 Å². The Kier molecular flexibility index (Phi) is 26.0. The zero-order valence-corrected chi connectivity index (χ0v) is 8.62. The highest BCUT2D eigenvalue weighted by Crippen LogP contribution is 1.14. The standard InChI is InChI=1S/4CH5N3/c4*2-1(3)4/h4*(H5,2,3,4). The third-order valence-corrected chi connectivity index (χ3v) is 0. The SMILES string of the molecule is N=C(N)N.N=C(N)N.N=C(N)N.N=C(N)N. The van der Waals surface area contributed by atoms with E-state index in [-0.39, 0.29) is 23.8 Å². The number of hydrogen-bond donors (Lipinski definition) is 12. The van der Waals surface area contributed by atoms with Gasteiger partial charge in [-0.3, -0.25) is 21.6 Å². The van der Waals surface area contributed by atoms with Crippen LogP contribution in [0.1, 0.15) is 0 Å². The van der Waals surface area contributed by atoms with Crippen molar-refractivity contribution in [3.05, 3.63) is 0 Å². The summed E-state index contributed by atoms with van der Waals surface area (Å²) in [5.74, 6) is -1.33. The van der Waals surface area contributed by atoms with Crippen molar-refractivity contribution in [2.45, 2.75) is 0 Å². The Bertz CT molecular complexity index is 153. The Balaban J connectivity index is -0.0000000600. The zero-order chi connectivity index (χ0) is 14.3. The first-order chi connectivity index (χ1) is 6.93. The average Bonchev–Trinajstić information content (AvgIpc) is 1.76. The van der Waals surface area contributed by atoms with E-state index in [1.807, 2.05) is 0 Å². The van der Waals surface area contributed by atoms with E-state index in [2.05, 4.69) is 45.9 Å². The summed E-state index contributed by atoms with van der Waals surface area (Å²) in [6, 6.07) is 0. The van der Waals surface area contributed by atoms with Crippen LogP contribution >= 0.6 is 0 Å². The Morgan fingerprint density at radius 2 is 0.375 bits per heavy atom. The second kappa shape index (κ2) is 18.0. The second-order valence-corrected chi connectivity index (χ2v) is 1.82. The maximum Gasteiger partial charge on any atom is 0.183 e. The highest BCUT2D eigenvalue weighted by atomic mass is 14.9. The smallest absolute Gasteiger partial charge is 0.183 e. The van der Waals surface area contributed by atoms with E-state index in [0.29, 0.717) is 0 Å². The largest absolute Gasteiger partial charge is 0.370 e. The molecular formula is C4H20N12. The van der Waals surface area contributed by atoms with Gasteiger partial charge in [0.2, 0.25) is 0 Å². The van der Waals surface area contributed by atoms with Gasteiger partial charge in [-0.25, -0.2) is 0 Å². The van der Waals surface area contributed by atoms with Crippen LogP contribution in [-0.2, 0) is 0 Å². The molecule has 0 aromatic heterocycles. The van der Waals surface area contributed by atoms with Crippen molar-refractivity contribution in [1.82, 2.24) is 0 Å². The van der Waals surface area contributed by atoms with Crippen molar-refractivity contribution < 1.29 is 0 Å². The summed E-state index contributed by atoms with van der Waals surface area (Å²) in [5.41, 5.74) is 35.8. The Morgan fingerprint density at radius 1 is 0.375 bits per heavy atom. The van der Waals surface area contributed by atoms with Gasteiger partial charge >= 0.3 is 0 Å². The van der Waals surface area contributed by atoms with Gasteiger partial charge in [0.15, 0.2) is 23.8 Å². The van der Waals surface area contributed by atoms with Gasteiger partial charge in [-0.15, -0.1) is 0 Å². The molecule has 96 valence electrons. The molecule has 16 heavy (non-hydrogen) atoms. The van der Waals surface area contributed by atoms with Crippen LogP contribution in [0.2, 0.25) is 0 Å². The summed E-state index contributed by atoms with van der Waals surface area (Å²) in [6.07, 6.45) is 0. The molecule has 0 aromatic rings. The van der Waals surface area contributed by atoms with Crippen LogP contribution in [0.4, 0.5) is 0 Å². The fraction of sp³-hybridized carbons (Fsp3) is 0. The van der Waals surface area contributed by atoms with E-state index in [1.165, 1.54) is 0 Å². The normalized spacial score (nSPS) is 6.00. The zero-order valence-electron chi connectivity index (χ0n) is 8.62. The van der Waals surface area contributed by atoms with Gasteiger partial charge in [0, 0.05) is 0 Å². The van der Waals surface area contributed by atoms with Gasteiger partial charge in [-0.05, 0) is 0 Å². The number of guanidine groups is 4. The van der Waals surface area contributed by atoms with Crippen LogP contribution in [-0.4, -0.2) is 23.8 Å². The first kappa shape index (κ1) is 23.2. The first-order valence-electron chi connectivity index (χ1n) is 3.31. The third-order valence-electron chi connectivity index (χ3n) is 0. The monoisotopic (exact) mass is 236 g/mol. The molecule has 0 unspecified atom stereocenters. The van der Waals surface area contributed by atoms with E-state index in [1.54, 1.807) is 0 Å². The Labute approximate surface area is 92.3 Å². The van der Waals surface area contributed by atoms with Crippen molar-refractivity contribution in [3.63, 3.8) is 0 Å². The maximum absolute atomic E-state index is 6.06. The van der Waals surface area contributed by atoms with E-state index in [0.717, 1.165) is 0 Å². The Morgan fingerprint density at radius 3 is 0.375 bits per heavy atom. The molecule has 12 nitrogen and oxygen atoms in total. The molecule has 12 heteroatoms. The fourth-order valence-corrected chi connectivity index (χ4v) is 0. The molecule has 0 saturated carbocycles. The summed E-state index contributed by atoms with van der Waals surface area (Å²) >= 11 is 0. The summed E-state index contributed by atoms with van der Waals surface area (Å²) in [6.45, 7) is 0. The van der Waals surface area contributed by atoms with Crippen molar-refractivity contribution in [3.8, 4) is 0 Å². The average molecular weight is 236 g/mol. The van der Waals surface area contributed by atoms with Crippen LogP contribution in [0, 0.1) is 21.6 Å². The van der Waals surface area contributed by atoms with Crippen LogP contribution in [0.5, 0.6) is 0 Å². The number of hydrogen-bond acceptors (Lipinski definition) is 4. The van der Waals surface area contributed by atoms with Gasteiger partial charge in [0.25, 0.3) is 0 Å². The Hall–Kier alpha value is -2.92. The van der Waals surface area contributed by atoms with Gasteiger partial charge in [-0.1, -0.05) is 0 Å². The number of nitrogens with two attached hydrogens (primary N) is 8. The van der Waals surface area contributed by atoms with E-state index in [4.69, 9.17) is 21.6 Å². The predicted octanol–water partition coefficient (Wildman–Crippen LogP) is -4.65. The van der Waals surface area contributed by atoms with Crippen molar-refractivity contribution in [1.29, 1.82) is 21.6 Å². The minimum Gasteiger partial charge on any atom is -0.370 e. The molecule has 0 bridgehead atoms. The molecule has 20 N–H and O–H groups in total. The summed E-state index contributed by atoms with van der Waals surface area (Å²) in [7, 11) is 0. The van der Waals surface area contributed by atoms with Crippen LogP contribution in [0.3, 0.4) is 0 Å². The van der Waals surface area contributed by atoms with Gasteiger partial charge in [0.1, 0.15) is 0 Å². The summed E-state index contributed by atoms with van der Waals surface area (Å²) < 4.78 is 0. The third kappa shape index (κ3) is 132. The molecular weight excluding hydrogens is 216 g/mol. The highest BCUT2D eigenvalue weighted by Gasteiger charge is 1.53. The number of rotatable bonds is 0. The molecule has 0 fully saturated rings. The van der Waals surface area contributed by atoms with Gasteiger partial charge < -0.3 is 45.9 Å². The lowest BCUT2D eigenvalue weighted by Gasteiger charge is -1.69. The van der Waals surface area contributed by atoms with Crippen LogP contribution in [0.15, 0.2) is 0 Å². The van der Waals surface area contributed by atoms with Gasteiger partial charge in [0.05, 0.1) is 0 Å². The minimum absolute atomic E-state index is 0.333.